The molecule has 5 heteroatoms. The fourth-order valence-electron chi connectivity index (χ4n) is 3.15. The van der Waals surface area contributed by atoms with Crippen LogP contribution < -0.4 is 0 Å². The Kier molecular flexibility index (Phi) is 15.1. The van der Waals surface area contributed by atoms with Crippen LogP contribution in [0.1, 0.15) is 110 Å². The van der Waals surface area contributed by atoms with E-state index in [0.717, 1.165) is 44.9 Å². The monoisotopic (exact) mass is 364 g/mol. The fraction of sp³-hybridized carbons (Fsp3) is 1.00. The molecule has 0 heterocycles. The second-order valence-corrected chi connectivity index (χ2v) is 8.80. The standard InChI is InChI=1S/C19H40O4S/c1-3-5-12-15-18(20)16-13-10-8-6-7-9-11-14-17-19(4-2)24(21,22)23/h18-20H,3-17H2,1-2H3,(H,21,22,23). The van der Waals surface area contributed by atoms with Gasteiger partial charge in [-0.1, -0.05) is 84.5 Å². The number of aliphatic hydroxyl groups excluding tert-OH is 1. The fourth-order valence-corrected chi connectivity index (χ4v) is 4.04. The molecule has 0 rings (SSSR count). The zero-order valence-electron chi connectivity index (χ0n) is 15.9. The summed E-state index contributed by atoms with van der Waals surface area (Å²) in [6, 6.07) is 0. The molecule has 0 aromatic carbocycles. The molecular weight excluding hydrogens is 324 g/mol. The Balaban J connectivity index is 3.37. The molecule has 0 radical (unpaired) electrons. The van der Waals surface area contributed by atoms with Gasteiger partial charge >= 0.3 is 0 Å². The van der Waals surface area contributed by atoms with Gasteiger partial charge in [0.2, 0.25) is 0 Å². The zero-order chi connectivity index (χ0) is 18.3. The maximum absolute atomic E-state index is 11.1. The minimum Gasteiger partial charge on any atom is -0.393 e. The summed E-state index contributed by atoms with van der Waals surface area (Å²) in [5.41, 5.74) is 0. The molecule has 146 valence electrons. The summed E-state index contributed by atoms with van der Waals surface area (Å²) in [5.74, 6) is 0. The highest BCUT2D eigenvalue weighted by Crippen LogP contribution is 2.16. The van der Waals surface area contributed by atoms with Gasteiger partial charge in [-0.15, -0.1) is 0 Å². The third-order valence-electron chi connectivity index (χ3n) is 4.83. The topological polar surface area (TPSA) is 74.6 Å². The van der Waals surface area contributed by atoms with Crippen LogP contribution in [-0.2, 0) is 10.1 Å². The van der Waals surface area contributed by atoms with Gasteiger partial charge in [0.05, 0.1) is 11.4 Å². The van der Waals surface area contributed by atoms with Crippen LogP contribution >= 0.6 is 0 Å². The third-order valence-corrected chi connectivity index (χ3v) is 6.24. The normalized spacial score (nSPS) is 14.7. The molecule has 0 aromatic heterocycles. The van der Waals surface area contributed by atoms with Gasteiger partial charge in [-0.25, -0.2) is 0 Å². The summed E-state index contributed by atoms with van der Waals surface area (Å²) in [7, 11) is -3.86. The molecular formula is C19H40O4S. The highest BCUT2D eigenvalue weighted by atomic mass is 32.2. The number of unbranched alkanes of at least 4 members (excludes halogenated alkanes) is 9. The highest BCUT2D eigenvalue weighted by Gasteiger charge is 2.19. The molecule has 0 spiro atoms. The number of rotatable bonds is 17. The van der Waals surface area contributed by atoms with E-state index in [-0.39, 0.29) is 6.10 Å². The summed E-state index contributed by atoms with van der Waals surface area (Å²) in [6.45, 7) is 3.99. The Morgan fingerprint density at radius 3 is 1.54 bits per heavy atom. The molecule has 0 amide bonds. The Morgan fingerprint density at radius 2 is 1.12 bits per heavy atom. The van der Waals surface area contributed by atoms with Crippen molar-refractivity contribution in [1.29, 1.82) is 0 Å². The Hall–Kier alpha value is -0.130. The zero-order valence-corrected chi connectivity index (χ0v) is 16.7. The number of hydrogen-bond donors (Lipinski definition) is 2. The van der Waals surface area contributed by atoms with E-state index in [1.165, 1.54) is 38.5 Å². The largest absolute Gasteiger partial charge is 0.393 e. The van der Waals surface area contributed by atoms with Gasteiger partial charge in [0.1, 0.15) is 0 Å². The lowest BCUT2D eigenvalue weighted by molar-refractivity contribution is 0.147. The Morgan fingerprint density at radius 1 is 0.708 bits per heavy atom. The van der Waals surface area contributed by atoms with Gasteiger partial charge < -0.3 is 5.11 Å². The summed E-state index contributed by atoms with van der Waals surface area (Å²) in [4.78, 5) is 0. The lowest BCUT2D eigenvalue weighted by Crippen LogP contribution is -2.19. The maximum Gasteiger partial charge on any atom is 0.267 e. The number of aliphatic hydroxyl groups is 1. The lowest BCUT2D eigenvalue weighted by Gasteiger charge is -2.11. The molecule has 0 aliphatic heterocycles. The van der Waals surface area contributed by atoms with Crippen molar-refractivity contribution in [3.05, 3.63) is 0 Å². The van der Waals surface area contributed by atoms with Crippen molar-refractivity contribution in [3.63, 3.8) is 0 Å². The average Bonchev–Trinajstić information content (AvgIpc) is 2.51. The molecule has 4 nitrogen and oxygen atoms in total. The van der Waals surface area contributed by atoms with Gasteiger partial charge in [-0.05, 0) is 25.7 Å². The first kappa shape index (κ1) is 23.9. The van der Waals surface area contributed by atoms with Crippen molar-refractivity contribution in [2.45, 2.75) is 122 Å². The Labute approximate surface area is 150 Å². The van der Waals surface area contributed by atoms with Crippen molar-refractivity contribution in [2.24, 2.45) is 0 Å². The average molecular weight is 365 g/mol. The molecule has 2 unspecified atom stereocenters. The lowest BCUT2D eigenvalue weighted by atomic mass is 10.0. The molecule has 0 bridgehead atoms. The van der Waals surface area contributed by atoms with Gasteiger partial charge in [0, 0.05) is 0 Å². The molecule has 24 heavy (non-hydrogen) atoms. The summed E-state index contributed by atoms with van der Waals surface area (Å²) < 4.78 is 31.2. The predicted octanol–water partition coefficient (Wildman–Crippen LogP) is 5.50. The van der Waals surface area contributed by atoms with Crippen LogP contribution in [0.15, 0.2) is 0 Å². The second kappa shape index (κ2) is 15.2. The Bertz CT molecular complexity index is 368. The third kappa shape index (κ3) is 14.2. The smallest absolute Gasteiger partial charge is 0.267 e. The first-order valence-electron chi connectivity index (χ1n) is 10.1. The van der Waals surface area contributed by atoms with E-state index < -0.39 is 15.4 Å². The van der Waals surface area contributed by atoms with Gasteiger partial charge in [-0.3, -0.25) is 4.55 Å². The number of hydrogen-bond acceptors (Lipinski definition) is 3. The van der Waals surface area contributed by atoms with Crippen LogP contribution in [0.2, 0.25) is 0 Å². The summed E-state index contributed by atoms with van der Waals surface area (Å²) in [5, 5.41) is 9.26. The SMILES string of the molecule is CCCCCC(O)CCCCCCCCCCC(CC)S(=O)(=O)O. The molecule has 0 saturated heterocycles. The van der Waals surface area contributed by atoms with Crippen molar-refractivity contribution in [2.75, 3.05) is 0 Å². The van der Waals surface area contributed by atoms with Crippen molar-refractivity contribution in [3.8, 4) is 0 Å². The van der Waals surface area contributed by atoms with E-state index >= 15 is 0 Å². The van der Waals surface area contributed by atoms with E-state index in [9.17, 15) is 13.5 Å². The molecule has 2 N–H and O–H groups in total. The minimum absolute atomic E-state index is 0.106. The second-order valence-electron chi connectivity index (χ2n) is 7.10. The van der Waals surface area contributed by atoms with Crippen LogP contribution in [0.25, 0.3) is 0 Å². The summed E-state index contributed by atoms with van der Waals surface area (Å²) in [6.07, 6.45) is 15.5. The van der Waals surface area contributed by atoms with E-state index in [2.05, 4.69) is 6.92 Å². The van der Waals surface area contributed by atoms with Gasteiger partial charge in [0.15, 0.2) is 0 Å². The van der Waals surface area contributed by atoms with Crippen molar-refractivity contribution < 1.29 is 18.1 Å². The maximum atomic E-state index is 11.1. The van der Waals surface area contributed by atoms with Crippen LogP contribution in [0.3, 0.4) is 0 Å². The quantitative estimate of drug-likeness (QED) is 0.264. The minimum atomic E-state index is -3.86. The van der Waals surface area contributed by atoms with Gasteiger partial charge in [0.25, 0.3) is 10.1 Å². The van der Waals surface area contributed by atoms with Crippen molar-refractivity contribution >= 4 is 10.1 Å². The van der Waals surface area contributed by atoms with Crippen LogP contribution in [0.4, 0.5) is 0 Å². The first-order valence-corrected chi connectivity index (χ1v) is 11.6. The molecule has 0 aromatic rings. The van der Waals surface area contributed by atoms with Crippen LogP contribution in [-0.4, -0.2) is 29.4 Å². The predicted molar refractivity (Wildman–Crippen MR) is 102 cm³/mol. The molecule has 0 aliphatic rings. The van der Waals surface area contributed by atoms with E-state index in [4.69, 9.17) is 4.55 Å². The van der Waals surface area contributed by atoms with Crippen molar-refractivity contribution in [1.82, 2.24) is 0 Å². The first-order chi connectivity index (χ1) is 11.4. The van der Waals surface area contributed by atoms with Crippen LogP contribution in [0, 0.1) is 0 Å². The molecule has 0 saturated carbocycles. The molecule has 0 fully saturated rings. The van der Waals surface area contributed by atoms with Crippen LogP contribution in [0.5, 0.6) is 0 Å². The van der Waals surface area contributed by atoms with E-state index in [1.54, 1.807) is 6.92 Å². The highest BCUT2D eigenvalue weighted by molar-refractivity contribution is 7.86. The van der Waals surface area contributed by atoms with Gasteiger partial charge in [-0.2, -0.15) is 8.42 Å². The van der Waals surface area contributed by atoms with E-state index in [0.29, 0.717) is 12.8 Å². The molecule has 0 aliphatic carbocycles. The molecule has 2 atom stereocenters. The summed E-state index contributed by atoms with van der Waals surface area (Å²) >= 11 is 0. The van der Waals surface area contributed by atoms with E-state index in [1.807, 2.05) is 0 Å².